The third-order valence-corrected chi connectivity index (χ3v) is 7.60. The van der Waals surface area contributed by atoms with Gasteiger partial charge in [0.05, 0.1) is 17.6 Å². The van der Waals surface area contributed by atoms with Gasteiger partial charge in [-0.1, -0.05) is 68.7 Å². The van der Waals surface area contributed by atoms with Crippen LogP contribution in [0.2, 0.25) is 0 Å². The summed E-state index contributed by atoms with van der Waals surface area (Å²) in [4.78, 5) is 26.6. The fourth-order valence-corrected chi connectivity index (χ4v) is 5.49. The number of aryl methyl sites for hydroxylation is 1. The Morgan fingerprint density at radius 3 is 2.41 bits per heavy atom. The van der Waals surface area contributed by atoms with Gasteiger partial charge >= 0.3 is 0 Å². The van der Waals surface area contributed by atoms with Gasteiger partial charge in [0, 0.05) is 31.8 Å². The fraction of sp³-hybridized carbons (Fsp3) is 0.455. The van der Waals surface area contributed by atoms with Gasteiger partial charge in [0.2, 0.25) is 11.8 Å². The van der Waals surface area contributed by atoms with Crippen LogP contribution in [0.3, 0.4) is 0 Å². The lowest BCUT2D eigenvalue weighted by molar-refractivity contribution is -0.128. The van der Waals surface area contributed by atoms with Crippen LogP contribution in [-0.2, 0) is 29.0 Å². The molecule has 2 aromatic carbocycles. The fourth-order valence-electron chi connectivity index (χ4n) is 5.49. The Morgan fingerprint density at radius 2 is 1.76 bits per heavy atom. The van der Waals surface area contributed by atoms with Crippen molar-refractivity contribution in [1.82, 2.24) is 16.0 Å². The van der Waals surface area contributed by atoms with Crippen molar-refractivity contribution in [2.75, 3.05) is 13.6 Å². The maximum Gasteiger partial charge on any atom is 0.247 e. The molecule has 0 fully saturated rings. The second-order valence-electron chi connectivity index (χ2n) is 11.0. The minimum Gasteiger partial charge on any atom is -0.390 e. The standard InChI is InChI=1S/C33H43F2N3O3/c1-5-7-11-33(32(41)36-4)18-22(3)12-26(19-33)31(40)38-29(16-25-14-27(34)17-28(35)15-25)30(39)21-37-20-24-10-8-9-23(6-2)13-24/h8-10,12-15,17-18,29-30,37,39H,5-7,11,16,19-21H2,1-4H3,(H,36,41)(H,38,40)/t29-,30+,33?/m0/s1. The minimum absolute atomic E-state index is 0.0209. The van der Waals surface area contributed by atoms with Crippen molar-refractivity contribution in [2.45, 2.75) is 78.0 Å². The first-order valence-electron chi connectivity index (χ1n) is 14.4. The molecule has 0 aromatic heterocycles. The van der Waals surface area contributed by atoms with Crippen LogP contribution in [0.4, 0.5) is 8.78 Å². The number of carbonyl (C=O) groups excluding carboxylic acids is 2. The monoisotopic (exact) mass is 567 g/mol. The van der Waals surface area contributed by atoms with Crippen molar-refractivity contribution in [3.8, 4) is 0 Å². The number of unbranched alkanes of at least 4 members (excludes halogenated alkanes) is 1. The molecule has 1 aliphatic rings. The number of carbonyl (C=O) groups is 2. The summed E-state index contributed by atoms with van der Waals surface area (Å²) in [6.07, 6.45) is 6.12. The van der Waals surface area contributed by atoms with Gasteiger partial charge in [-0.05, 0) is 61.4 Å². The van der Waals surface area contributed by atoms with Crippen LogP contribution in [0.15, 0.2) is 65.8 Å². The molecule has 0 bridgehead atoms. The molecule has 0 saturated carbocycles. The van der Waals surface area contributed by atoms with Gasteiger partial charge in [0.15, 0.2) is 0 Å². The van der Waals surface area contributed by atoms with Crippen molar-refractivity contribution < 1.29 is 23.5 Å². The van der Waals surface area contributed by atoms with E-state index in [2.05, 4.69) is 41.9 Å². The van der Waals surface area contributed by atoms with Crippen LogP contribution in [0.25, 0.3) is 0 Å². The number of rotatable bonds is 14. The lowest BCUT2D eigenvalue weighted by Gasteiger charge is -2.34. The van der Waals surface area contributed by atoms with Crippen LogP contribution in [0, 0.1) is 17.0 Å². The van der Waals surface area contributed by atoms with Gasteiger partial charge < -0.3 is 21.1 Å². The number of hydrogen-bond acceptors (Lipinski definition) is 4. The van der Waals surface area contributed by atoms with Gasteiger partial charge in [-0.25, -0.2) is 8.78 Å². The summed E-state index contributed by atoms with van der Waals surface area (Å²) < 4.78 is 27.9. The Kier molecular flexibility index (Phi) is 11.8. The summed E-state index contributed by atoms with van der Waals surface area (Å²) in [5.74, 6) is -2.02. The highest BCUT2D eigenvalue weighted by Crippen LogP contribution is 2.39. The third kappa shape index (κ3) is 9.07. The first-order chi connectivity index (χ1) is 19.6. The molecule has 6 nitrogen and oxygen atoms in total. The molecule has 0 radical (unpaired) electrons. The molecule has 1 aliphatic carbocycles. The van der Waals surface area contributed by atoms with E-state index in [0.29, 0.717) is 24.1 Å². The number of amides is 2. The Hall–Kier alpha value is -3.36. The quantitative estimate of drug-likeness (QED) is 0.261. The highest BCUT2D eigenvalue weighted by molar-refractivity contribution is 5.97. The van der Waals surface area contributed by atoms with Crippen LogP contribution in [0.1, 0.15) is 63.1 Å². The zero-order chi connectivity index (χ0) is 30.0. The van der Waals surface area contributed by atoms with Crippen molar-refractivity contribution in [2.24, 2.45) is 5.41 Å². The van der Waals surface area contributed by atoms with Gasteiger partial charge in [-0.2, -0.15) is 0 Å². The van der Waals surface area contributed by atoms with Gasteiger partial charge in [0.1, 0.15) is 11.6 Å². The highest BCUT2D eigenvalue weighted by Gasteiger charge is 2.39. The molecule has 0 aliphatic heterocycles. The molecule has 0 saturated heterocycles. The smallest absolute Gasteiger partial charge is 0.247 e. The zero-order valence-electron chi connectivity index (χ0n) is 24.5. The Labute approximate surface area is 242 Å². The molecule has 1 unspecified atom stereocenters. The van der Waals surface area contributed by atoms with Crippen LogP contribution >= 0.6 is 0 Å². The highest BCUT2D eigenvalue weighted by atomic mass is 19.1. The molecule has 222 valence electrons. The minimum atomic E-state index is -1.05. The van der Waals surface area contributed by atoms with E-state index in [-0.39, 0.29) is 25.3 Å². The Morgan fingerprint density at radius 1 is 1.05 bits per heavy atom. The largest absolute Gasteiger partial charge is 0.390 e. The van der Waals surface area contributed by atoms with E-state index in [9.17, 15) is 23.5 Å². The van der Waals surface area contributed by atoms with Crippen molar-refractivity contribution >= 4 is 11.8 Å². The summed E-state index contributed by atoms with van der Waals surface area (Å²) in [5.41, 5.74) is 2.98. The number of aliphatic hydroxyl groups excluding tert-OH is 1. The number of nitrogens with one attached hydrogen (secondary N) is 3. The average molecular weight is 568 g/mol. The molecule has 4 N–H and O–H groups in total. The molecular weight excluding hydrogens is 524 g/mol. The van der Waals surface area contributed by atoms with E-state index in [1.54, 1.807) is 13.1 Å². The lowest BCUT2D eigenvalue weighted by Crippen LogP contribution is -2.50. The first kappa shape index (κ1) is 32.2. The molecule has 3 rings (SSSR count). The molecule has 2 aromatic rings. The second-order valence-corrected chi connectivity index (χ2v) is 11.0. The van der Waals surface area contributed by atoms with Crippen molar-refractivity contribution in [1.29, 1.82) is 0 Å². The summed E-state index contributed by atoms with van der Waals surface area (Å²) in [7, 11) is 1.59. The number of aliphatic hydroxyl groups is 1. The lowest BCUT2D eigenvalue weighted by atomic mass is 9.72. The molecule has 0 spiro atoms. The maximum absolute atomic E-state index is 14.0. The van der Waals surface area contributed by atoms with Gasteiger partial charge in [0.25, 0.3) is 0 Å². The molecule has 8 heteroatoms. The number of halogens is 2. The average Bonchev–Trinajstić information content (AvgIpc) is 2.94. The SMILES string of the molecule is CCCCC1(C(=O)NC)C=C(C)C=C(C(=O)N[C@@H](Cc2cc(F)cc(F)c2)[C@H](O)CNCc2cccc(CC)c2)C1. The third-order valence-electron chi connectivity index (χ3n) is 7.60. The van der Waals surface area contributed by atoms with E-state index in [1.807, 2.05) is 25.1 Å². The van der Waals surface area contributed by atoms with E-state index in [1.165, 1.54) is 17.7 Å². The Balaban J connectivity index is 1.79. The number of hydrogen-bond donors (Lipinski definition) is 4. The topological polar surface area (TPSA) is 90.5 Å². The zero-order valence-corrected chi connectivity index (χ0v) is 24.5. The predicted octanol–water partition coefficient (Wildman–Crippen LogP) is 4.90. The first-order valence-corrected chi connectivity index (χ1v) is 14.4. The van der Waals surface area contributed by atoms with Crippen LogP contribution < -0.4 is 16.0 Å². The van der Waals surface area contributed by atoms with E-state index in [0.717, 1.165) is 36.5 Å². The second kappa shape index (κ2) is 15.0. The van der Waals surface area contributed by atoms with Crippen molar-refractivity contribution in [3.63, 3.8) is 0 Å². The van der Waals surface area contributed by atoms with Crippen LogP contribution in [-0.4, -0.2) is 42.7 Å². The van der Waals surface area contributed by atoms with E-state index >= 15 is 0 Å². The molecule has 41 heavy (non-hydrogen) atoms. The van der Waals surface area contributed by atoms with E-state index in [4.69, 9.17) is 0 Å². The molecular formula is C33H43F2N3O3. The van der Waals surface area contributed by atoms with Gasteiger partial charge in [-0.3, -0.25) is 9.59 Å². The van der Waals surface area contributed by atoms with Gasteiger partial charge in [-0.15, -0.1) is 0 Å². The summed E-state index contributed by atoms with van der Waals surface area (Å²) in [5, 5.41) is 20.1. The Bertz CT molecular complexity index is 1260. The normalized spacial score (nSPS) is 18.2. The van der Waals surface area contributed by atoms with Crippen molar-refractivity contribution in [3.05, 3.63) is 94.1 Å². The van der Waals surface area contributed by atoms with Crippen LogP contribution in [0.5, 0.6) is 0 Å². The predicted molar refractivity (Wildman–Crippen MR) is 158 cm³/mol. The number of allylic oxidation sites excluding steroid dienone is 2. The maximum atomic E-state index is 14.0. The summed E-state index contributed by atoms with van der Waals surface area (Å²) >= 11 is 0. The molecule has 3 atom stereocenters. The summed E-state index contributed by atoms with van der Waals surface area (Å²) in [6.45, 7) is 6.66. The number of benzene rings is 2. The molecule has 0 heterocycles. The summed E-state index contributed by atoms with van der Waals surface area (Å²) in [6, 6.07) is 10.5. The van der Waals surface area contributed by atoms with E-state index < -0.39 is 35.1 Å². The molecule has 2 amide bonds.